The molecule has 122 valence electrons. The molecule has 23 heavy (non-hydrogen) atoms. The van der Waals surface area contributed by atoms with Gasteiger partial charge in [-0.25, -0.2) is 0 Å². The lowest BCUT2D eigenvalue weighted by atomic mass is 9.88. The topological polar surface area (TPSA) is 43.7 Å². The first-order chi connectivity index (χ1) is 11.1. The van der Waals surface area contributed by atoms with Crippen molar-refractivity contribution in [3.05, 3.63) is 64.7 Å². The number of aliphatic hydroxyl groups is 1. The highest BCUT2D eigenvalue weighted by molar-refractivity contribution is 6.32. The highest BCUT2D eigenvalue weighted by atomic mass is 35.5. The van der Waals surface area contributed by atoms with Crippen molar-refractivity contribution in [3.8, 4) is 5.75 Å². The van der Waals surface area contributed by atoms with Gasteiger partial charge < -0.3 is 10.2 Å². The van der Waals surface area contributed by atoms with Gasteiger partial charge in [0.25, 0.3) is 0 Å². The van der Waals surface area contributed by atoms with Crippen LogP contribution in [0.5, 0.6) is 5.75 Å². The van der Waals surface area contributed by atoms with Crippen molar-refractivity contribution in [1.82, 2.24) is 4.90 Å². The third-order valence-electron chi connectivity index (χ3n) is 4.54. The molecule has 0 saturated carbocycles. The zero-order chi connectivity index (χ0) is 16.2. The number of rotatable bonds is 4. The van der Waals surface area contributed by atoms with Crippen molar-refractivity contribution in [2.75, 3.05) is 13.1 Å². The normalized spacial score (nSPS) is 22.2. The number of likely N-dealkylation sites (tertiary alicyclic amines) is 1. The first-order valence-electron chi connectivity index (χ1n) is 8.03. The lowest BCUT2D eigenvalue weighted by Crippen LogP contribution is -2.43. The molecule has 0 aliphatic carbocycles. The fraction of sp³-hybridized carbons (Fsp3) is 0.368. The largest absolute Gasteiger partial charge is 0.506 e. The Morgan fingerprint density at radius 2 is 1.87 bits per heavy atom. The van der Waals surface area contributed by atoms with Crippen molar-refractivity contribution < 1.29 is 10.2 Å². The summed E-state index contributed by atoms with van der Waals surface area (Å²) in [6.07, 6.45) is 1.28. The predicted octanol–water partition coefficient (Wildman–Crippen LogP) is 3.47. The van der Waals surface area contributed by atoms with E-state index in [1.807, 2.05) is 12.1 Å². The molecule has 0 spiro atoms. The lowest BCUT2D eigenvalue weighted by Gasteiger charge is -2.36. The predicted molar refractivity (Wildman–Crippen MR) is 92.7 cm³/mol. The maximum absolute atomic E-state index is 10.3. The van der Waals surface area contributed by atoms with Crippen molar-refractivity contribution in [3.63, 3.8) is 0 Å². The number of hydrogen-bond acceptors (Lipinski definition) is 3. The Bertz CT molecular complexity index is 647. The number of hydrogen-bond donors (Lipinski definition) is 2. The second kappa shape index (κ2) is 7.35. The smallest absolute Gasteiger partial charge is 0.134 e. The number of benzene rings is 2. The summed E-state index contributed by atoms with van der Waals surface area (Å²) in [7, 11) is 0. The van der Waals surface area contributed by atoms with Crippen LogP contribution in [0.15, 0.2) is 48.5 Å². The Balaban J connectivity index is 1.64. The van der Waals surface area contributed by atoms with E-state index in [2.05, 4.69) is 29.2 Å². The van der Waals surface area contributed by atoms with Gasteiger partial charge in [0.15, 0.2) is 0 Å². The molecule has 0 radical (unpaired) electrons. The number of phenols is 1. The second-order valence-corrected chi connectivity index (χ2v) is 6.73. The Labute approximate surface area is 142 Å². The number of halogens is 1. The molecule has 4 heteroatoms. The molecule has 1 heterocycles. The number of phenolic OH excluding ortho intramolecular Hbond substituents is 1. The van der Waals surface area contributed by atoms with E-state index in [1.54, 1.807) is 12.1 Å². The van der Waals surface area contributed by atoms with Crippen LogP contribution in [-0.4, -0.2) is 34.3 Å². The van der Waals surface area contributed by atoms with Crippen molar-refractivity contribution in [1.29, 1.82) is 0 Å². The van der Waals surface area contributed by atoms with Gasteiger partial charge in [-0.2, -0.15) is 0 Å². The van der Waals surface area contributed by atoms with E-state index < -0.39 is 0 Å². The van der Waals surface area contributed by atoms with Crippen LogP contribution in [0.1, 0.15) is 17.5 Å². The summed E-state index contributed by atoms with van der Waals surface area (Å²) in [5.41, 5.74) is 2.36. The van der Waals surface area contributed by atoms with Crippen LogP contribution in [0.4, 0.5) is 0 Å². The lowest BCUT2D eigenvalue weighted by molar-refractivity contribution is 0.0239. The molecule has 3 rings (SSSR count). The van der Waals surface area contributed by atoms with Crippen molar-refractivity contribution in [2.24, 2.45) is 5.92 Å². The summed E-state index contributed by atoms with van der Waals surface area (Å²) in [5, 5.41) is 20.2. The molecule has 3 nitrogen and oxygen atoms in total. The molecular formula is C19H22ClNO2. The first kappa shape index (κ1) is 16.3. The van der Waals surface area contributed by atoms with Crippen molar-refractivity contribution >= 4 is 11.6 Å². The zero-order valence-electron chi connectivity index (χ0n) is 13.0. The minimum absolute atomic E-state index is 0.102. The van der Waals surface area contributed by atoms with E-state index in [0.29, 0.717) is 5.02 Å². The minimum Gasteiger partial charge on any atom is -0.506 e. The Kier molecular flexibility index (Phi) is 5.21. The third-order valence-corrected chi connectivity index (χ3v) is 4.84. The first-order valence-corrected chi connectivity index (χ1v) is 8.41. The molecule has 0 aromatic heterocycles. The summed E-state index contributed by atoms with van der Waals surface area (Å²) >= 11 is 5.98. The van der Waals surface area contributed by atoms with E-state index in [1.165, 1.54) is 5.56 Å². The SMILES string of the molecule is Oc1ccc(CC2CN(Cc3ccccc3)CCC2O)cc1Cl. The number of aromatic hydroxyl groups is 1. The van der Waals surface area contributed by atoms with Crippen LogP contribution in [0.25, 0.3) is 0 Å². The van der Waals surface area contributed by atoms with Crippen LogP contribution in [0.2, 0.25) is 5.02 Å². The van der Waals surface area contributed by atoms with E-state index >= 15 is 0 Å². The minimum atomic E-state index is -0.283. The van der Waals surface area contributed by atoms with Gasteiger partial charge in [-0.1, -0.05) is 48.0 Å². The van der Waals surface area contributed by atoms with Crippen LogP contribution >= 0.6 is 11.6 Å². The van der Waals surface area contributed by atoms with Crippen LogP contribution < -0.4 is 0 Å². The Morgan fingerprint density at radius 3 is 2.61 bits per heavy atom. The van der Waals surface area contributed by atoms with Gasteiger partial charge in [0.1, 0.15) is 5.75 Å². The summed E-state index contributed by atoms with van der Waals surface area (Å²) < 4.78 is 0. The van der Waals surface area contributed by atoms with Crippen LogP contribution in [0, 0.1) is 5.92 Å². The maximum atomic E-state index is 10.3. The highest BCUT2D eigenvalue weighted by Crippen LogP contribution is 2.27. The monoisotopic (exact) mass is 331 g/mol. The number of piperidine rings is 1. The van der Waals surface area contributed by atoms with Gasteiger partial charge in [0.05, 0.1) is 11.1 Å². The molecule has 2 aromatic rings. The molecule has 0 amide bonds. The molecule has 2 unspecified atom stereocenters. The number of aliphatic hydroxyl groups excluding tert-OH is 1. The summed E-state index contributed by atoms with van der Waals surface area (Å²) in [4.78, 5) is 2.40. The molecule has 1 fully saturated rings. The van der Waals surface area contributed by atoms with E-state index in [-0.39, 0.29) is 17.8 Å². The quantitative estimate of drug-likeness (QED) is 0.901. The van der Waals surface area contributed by atoms with Gasteiger partial charge in [-0.15, -0.1) is 0 Å². The zero-order valence-corrected chi connectivity index (χ0v) is 13.8. The van der Waals surface area contributed by atoms with Gasteiger partial charge in [0.2, 0.25) is 0 Å². The highest BCUT2D eigenvalue weighted by Gasteiger charge is 2.27. The van der Waals surface area contributed by atoms with Crippen molar-refractivity contribution in [2.45, 2.75) is 25.5 Å². The molecule has 2 N–H and O–H groups in total. The molecule has 1 aliphatic heterocycles. The third kappa shape index (κ3) is 4.25. The standard InChI is InChI=1S/C19H22ClNO2/c20-17-11-15(6-7-19(17)23)10-16-13-21(9-8-18(16)22)12-14-4-2-1-3-5-14/h1-7,11,16,18,22-23H,8-10,12-13H2. The fourth-order valence-electron chi connectivity index (χ4n) is 3.26. The average molecular weight is 332 g/mol. The summed E-state index contributed by atoms with van der Waals surface area (Å²) in [6, 6.07) is 15.7. The fourth-order valence-corrected chi connectivity index (χ4v) is 3.46. The molecule has 1 saturated heterocycles. The van der Waals surface area contributed by atoms with E-state index in [9.17, 15) is 10.2 Å². The van der Waals surface area contributed by atoms with Crippen LogP contribution in [0.3, 0.4) is 0 Å². The van der Waals surface area contributed by atoms with E-state index in [0.717, 1.165) is 38.0 Å². The summed E-state index contributed by atoms with van der Waals surface area (Å²) in [6.45, 7) is 2.71. The van der Waals surface area contributed by atoms with Gasteiger partial charge in [-0.3, -0.25) is 4.90 Å². The molecule has 2 atom stereocenters. The van der Waals surface area contributed by atoms with Gasteiger partial charge >= 0.3 is 0 Å². The summed E-state index contributed by atoms with van der Waals surface area (Å²) in [5.74, 6) is 0.290. The van der Waals surface area contributed by atoms with E-state index in [4.69, 9.17) is 11.6 Å². The second-order valence-electron chi connectivity index (χ2n) is 6.33. The Hall–Kier alpha value is -1.55. The average Bonchev–Trinajstić information content (AvgIpc) is 2.55. The Morgan fingerprint density at radius 1 is 1.09 bits per heavy atom. The van der Waals surface area contributed by atoms with Crippen LogP contribution in [-0.2, 0) is 13.0 Å². The van der Waals surface area contributed by atoms with Gasteiger partial charge in [0, 0.05) is 25.6 Å². The van der Waals surface area contributed by atoms with Gasteiger partial charge in [-0.05, 0) is 36.1 Å². The molecule has 0 bridgehead atoms. The number of nitrogens with zero attached hydrogens (tertiary/aromatic N) is 1. The molecule has 2 aromatic carbocycles. The molecule has 1 aliphatic rings. The molecular weight excluding hydrogens is 310 g/mol. The maximum Gasteiger partial charge on any atom is 0.134 e.